The van der Waals surface area contributed by atoms with Crippen LogP contribution in [0.2, 0.25) is 0 Å². The highest BCUT2D eigenvalue weighted by Gasteiger charge is 2.09. The molecular weight excluding hydrogens is 370 g/mol. The Labute approximate surface area is 160 Å². The maximum Gasteiger partial charge on any atom is 0.331 e. The van der Waals surface area contributed by atoms with E-state index in [1.807, 2.05) is 31.2 Å². The molecule has 0 atom stereocenters. The summed E-state index contributed by atoms with van der Waals surface area (Å²) in [6.45, 7) is 0.937. The van der Waals surface area contributed by atoms with Crippen LogP contribution in [0.5, 0.6) is 0 Å². The molecule has 8 heteroatoms. The molecule has 0 fully saturated rings. The van der Waals surface area contributed by atoms with Gasteiger partial charge in [-0.1, -0.05) is 29.8 Å². The van der Waals surface area contributed by atoms with Crippen LogP contribution in [0.15, 0.2) is 48.5 Å². The zero-order chi connectivity index (χ0) is 20.5. The summed E-state index contributed by atoms with van der Waals surface area (Å²) in [6, 6.07) is 10.3. The molecule has 0 unspecified atom stereocenters. The molecule has 0 aromatic heterocycles. The van der Waals surface area contributed by atoms with Crippen LogP contribution in [0, 0.1) is 18.6 Å². The van der Waals surface area contributed by atoms with Crippen LogP contribution < -0.4 is 10.6 Å². The van der Waals surface area contributed by atoms with Gasteiger partial charge in [0.2, 0.25) is 5.91 Å². The SMILES string of the molecule is Cc1cccc(/C=C/C(=O)OCC(=O)NCC(=O)Nc2ccc(F)c(F)c2)c1. The number of esters is 1. The standard InChI is InChI=1S/C20H18F2N2O4/c1-13-3-2-4-14(9-13)5-8-20(27)28-12-19(26)23-11-18(25)24-15-6-7-16(21)17(22)10-15/h2-10H,11-12H2,1H3,(H,23,26)(H,24,25)/b8-5+. The van der Waals surface area contributed by atoms with E-state index in [0.717, 1.165) is 23.3 Å². The van der Waals surface area contributed by atoms with Gasteiger partial charge < -0.3 is 15.4 Å². The first-order valence-corrected chi connectivity index (χ1v) is 8.26. The number of nitrogens with one attached hydrogen (secondary N) is 2. The van der Waals surface area contributed by atoms with E-state index in [-0.39, 0.29) is 5.69 Å². The maximum absolute atomic E-state index is 13.1. The molecule has 28 heavy (non-hydrogen) atoms. The Balaban J connectivity index is 1.70. The molecule has 6 nitrogen and oxygen atoms in total. The molecule has 0 radical (unpaired) electrons. The molecule has 0 heterocycles. The number of halogens is 2. The zero-order valence-electron chi connectivity index (χ0n) is 15.0. The van der Waals surface area contributed by atoms with Gasteiger partial charge in [-0.25, -0.2) is 13.6 Å². The number of aryl methyl sites for hydroxylation is 1. The predicted octanol–water partition coefficient (Wildman–Crippen LogP) is 2.58. The first-order valence-electron chi connectivity index (χ1n) is 8.26. The number of carbonyl (C=O) groups excluding carboxylic acids is 3. The summed E-state index contributed by atoms with van der Waals surface area (Å²) in [6.07, 6.45) is 2.75. The lowest BCUT2D eigenvalue weighted by Gasteiger charge is -2.07. The molecule has 2 amide bonds. The lowest BCUT2D eigenvalue weighted by atomic mass is 10.1. The number of anilines is 1. The van der Waals surface area contributed by atoms with Crippen LogP contribution in [0.3, 0.4) is 0 Å². The van der Waals surface area contributed by atoms with Gasteiger partial charge in [-0.2, -0.15) is 0 Å². The molecule has 2 aromatic rings. The second kappa shape index (κ2) is 9.96. The molecular formula is C20H18F2N2O4. The van der Waals surface area contributed by atoms with Crippen LogP contribution in [0.25, 0.3) is 6.08 Å². The fraction of sp³-hybridized carbons (Fsp3) is 0.150. The highest BCUT2D eigenvalue weighted by Crippen LogP contribution is 2.12. The Morgan fingerprint density at radius 1 is 1.04 bits per heavy atom. The van der Waals surface area contributed by atoms with E-state index in [2.05, 4.69) is 10.6 Å². The number of hydrogen-bond acceptors (Lipinski definition) is 4. The average Bonchev–Trinajstić information content (AvgIpc) is 2.66. The minimum Gasteiger partial charge on any atom is -0.452 e. The van der Waals surface area contributed by atoms with E-state index >= 15 is 0 Å². The topological polar surface area (TPSA) is 84.5 Å². The van der Waals surface area contributed by atoms with Gasteiger partial charge in [-0.05, 0) is 30.7 Å². The molecule has 2 aromatic carbocycles. The second-order valence-electron chi connectivity index (χ2n) is 5.81. The van der Waals surface area contributed by atoms with E-state index < -0.39 is 42.6 Å². The molecule has 0 spiro atoms. The van der Waals surface area contributed by atoms with Crippen LogP contribution in [0.4, 0.5) is 14.5 Å². The Bertz CT molecular complexity index is 913. The third-order valence-corrected chi connectivity index (χ3v) is 3.45. The van der Waals surface area contributed by atoms with Crippen molar-refractivity contribution in [2.24, 2.45) is 0 Å². The van der Waals surface area contributed by atoms with Gasteiger partial charge in [-0.15, -0.1) is 0 Å². The molecule has 0 aliphatic heterocycles. The Hall–Kier alpha value is -3.55. The molecule has 0 aliphatic rings. The third-order valence-electron chi connectivity index (χ3n) is 3.45. The lowest BCUT2D eigenvalue weighted by molar-refractivity contribution is -0.143. The fourth-order valence-corrected chi connectivity index (χ4v) is 2.13. The Morgan fingerprint density at radius 2 is 1.82 bits per heavy atom. The van der Waals surface area contributed by atoms with Crippen molar-refractivity contribution in [1.29, 1.82) is 0 Å². The van der Waals surface area contributed by atoms with Gasteiger partial charge in [-0.3, -0.25) is 9.59 Å². The summed E-state index contributed by atoms with van der Waals surface area (Å²) < 4.78 is 30.7. The van der Waals surface area contributed by atoms with Gasteiger partial charge in [0, 0.05) is 17.8 Å². The van der Waals surface area contributed by atoms with E-state index in [0.29, 0.717) is 0 Å². The summed E-state index contributed by atoms with van der Waals surface area (Å²) in [5.41, 5.74) is 1.90. The minimum atomic E-state index is -1.10. The van der Waals surface area contributed by atoms with Crippen molar-refractivity contribution >= 4 is 29.5 Å². The van der Waals surface area contributed by atoms with E-state index in [9.17, 15) is 23.2 Å². The molecule has 0 saturated carbocycles. The van der Waals surface area contributed by atoms with E-state index in [1.165, 1.54) is 12.1 Å². The summed E-state index contributed by atoms with van der Waals surface area (Å²) in [7, 11) is 0. The van der Waals surface area contributed by atoms with Crippen molar-refractivity contribution in [3.63, 3.8) is 0 Å². The van der Waals surface area contributed by atoms with Crippen molar-refractivity contribution in [3.05, 3.63) is 71.3 Å². The number of amides is 2. The van der Waals surface area contributed by atoms with Gasteiger partial charge >= 0.3 is 5.97 Å². The molecule has 146 valence electrons. The highest BCUT2D eigenvalue weighted by molar-refractivity contribution is 5.95. The summed E-state index contributed by atoms with van der Waals surface area (Å²) >= 11 is 0. The molecule has 0 bridgehead atoms. The highest BCUT2D eigenvalue weighted by atomic mass is 19.2. The number of ether oxygens (including phenoxy) is 1. The smallest absolute Gasteiger partial charge is 0.331 e. The molecule has 2 N–H and O–H groups in total. The summed E-state index contributed by atoms with van der Waals surface area (Å²) in [5.74, 6) is -4.18. The summed E-state index contributed by atoms with van der Waals surface area (Å²) in [5, 5.41) is 4.54. The van der Waals surface area contributed by atoms with Crippen molar-refractivity contribution in [2.75, 3.05) is 18.5 Å². The van der Waals surface area contributed by atoms with E-state index in [1.54, 1.807) is 6.08 Å². The van der Waals surface area contributed by atoms with Crippen molar-refractivity contribution in [2.45, 2.75) is 6.92 Å². The monoisotopic (exact) mass is 388 g/mol. The second-order valence-corrected chi connectivity index (χ2v) is 5.81. The fourth-order valence-electron chi connectivity index (χ4n) is 2.13. The number of rotatable bonds is 7. The Morgan fingerprint density at radius 3 is 2.54 bits per heavy atom. The van der Waals surface area contributed by atoms with Gasteiger partial charge in [0.1, 0.15) is 0 Å². The lowest BCUT2D eigenvalue weighted by Crippen LogP contribution is -2.35. The average molecular weight is 388 g/mol. The van der Waals surface area contributed by atoms with Gasteiger partial charge in [0.05, 0.1) is 6.54 Å². The van der Waals surface area contributed by atoms with E-state index in [4.69, 9.17) is 4.74 Å². The van der Waals surface area contributed by atoms with Crippen molar-refractivity contribution in [1.82, 2.24) is 5.32 Å². The zero-order valence-corrected chi connectivity index (χ0v) is 15.0. The van der Waals surface area contributed by atoms with Gasteiger partial charge in [0.15, 0.2) is 18.2 Å². The quantitative estimate of drug-likeness (QED) is 0.564. The van der Waals surface area contributed by atoms with Crippen LogP contribution in [0.1, 0.15) is 11.1 Å². The van der Waals surface area contributed by atoms with Crippen molar-refractivity contribution in [3.8, 4) is 0 Å². The maximum atomic E-state index is 13.1. The van der Waals surface area contributed by atoms with Crippen molar-refractivity contribution < 1.29 is 27.9 Å². The molecule has 0 aliphatic carbocycles. The van der Waals surface area contributed by atoms with Crippen LogP contribution in [-0.4, -0.2) is 30.9 Å². The number of benzene rings is 2. The number of hydrogen-bond donors (Lipinski definition) is 2. The minimum absolute atomic E-state index is 0.0471. The predicted molar refractivity (Wildman–Crippen MR) is 99.2 cm³/mol. The third kappa shape index (κ3) is 6.99. The first kappa shape index (κ1) is 20.8. The Kier molecular flexibility index (Phi) is 7.38. The largest absolute Gasteiger partial charge is 0.452 e. The number of carbonyl (C=O) groups is 3. The molecule has 0 saturated heterocycles. The van der Waals surface area contributed by atoms with Crippen LogP contribution >= 0.6 is 0 Å². The van der Waals surface area contributed by atoms with Crippen LogP contribution in [-0.2, 0) is 19.1 Å². The van der Waals surface area contributed by atoms with Gasteiger partial charge in [0.25, 0.3) is 5.91 Å². The normalized spacial score (nSPS) is 10.5. The first-order chi connectivity index (χ1) is 13.3. The summed E-state index contributed by atoms with van der Waals surface area (Å²) in [4.78, 5) is 34.9. The molecule has 2 rings (SSSR count).